The number of nitrogens with zero attached hydrogens (tertiary/aromatic N) is 1. The molecule has 0 spiro atoms. The SMILES string of the molecule is O=S1(=O)C=C(CN2CCNCC2)c2cccc(F)c21. The normalized spacial score (nSPS) is 22.1. The lowest BCUT2D eigenvalue weighted by Crippen LogP contribution is -2.43. The fourth-order valence-corrected chi connectivity index (χ4v) is 4.13. The van der Waals surface area contributed by atoms with Gasteiger partial charge in [0.2, 0.25) is 9.84 Å². The summed E-state index contributed by atoms with van der Waals surface area (Å²) < 4.78 is 37.7. The summed E-state index contributed by atoms with van der Waals surface area (Å²) in [5, 5.41) is 4.46. The molecule has 3 rings (SSSR count). The summed E-state index contributed by atoms with van der Waals surface area (Å²) >= 11 is 0. The second-order valence-electron chi connectivity index (χ2n) is 4.83. The van der Waals surface area contributed by atoms with Gasteiger partial charge in [-0.3, -0.25) is 4.90 Å². The molecule has 0 bridgehead atoms. The number of hydrogen-bond donors (Lipinski definition) is 1. The summed E-state index contributed by atoms with van der Waals surface area (Å²) in [4.78, 5) is 2.01. The van der Waals surface area contributed by atoms with Gasteiger partial charge in [-0.2, -0.15) is 0 Å². The maximum atomic E-state index is 13.7. The van der Waals surface area contributed by atoms with Gasteiger partial charge in [0.1, 0.15) is 10.7 Å². The molecule has 1 aromatic carbocycles. The molecular formula is C13H15FN2O2S. The topological polar surface area (TPSA) is 49.4 Å². The second kappa shape index (κ2) is 4.70. The summed E-state index contributed by atoms with van der Waals surface area (Å²) in [6, 6.07) is 4.43. The molecule has 1 saturated heterocycles. The number of hydrogen-bond acceptors (Lipinski definition) is 4. The maximum Gasteiger partial charge on any atom is 0.203 e. The highest BCUT2D eigenvalue weighted by atomic mass is 32.2. The molecule has 0 saturated carbocycles. The number of benzene rings is 1. The molecule has 2 heterocycles. The number of fused-ring (bicyclic) bond motifs is 1. The van der Waals surface area contributed by atoms with Crippen molar-refractivity contribution in [2.24, 2.45) is 0 Å². The molecule has 2 aliphatic rings. The van der Waals surface area contributed by atoms with Crippen molar-refractivity contribution in [1.82, 2.24) is 10.2 Å². The quantitative estimate of drug-likeness (QED) is 0.874. The zero-order chi connectivity index (χ0) is 13.5. The first kappa shape index (κ1) is 12.8. The zero-order valence-corrected chi connectivity index (χ0v) is 11.2. The first-order valence-electron chi connectivity index (χ1n) is 6.25. The van der Waals surface area contributed by atoms with Gasteiger partial charge < -0.3 is 5.32 Å². The summed E-state index contributed by atoms with van der Waals surface area (Å²) in [5.74, 6) is -0.663. The van der Waals surface area contributed by atoms with Crippen LogP contribution in [0.5, 0.6) is 0 Å². The first-order chi connectivity index (χ1) is 9.08. The van der Waals surface area contributed by atoms with Crippen LogP contribution < -0.4 is 5.32 Å². The molecule has 0 aromatic heterocycles. The van der Waals surface area contributed by atoms with Crippen molar-refractivity contribution in [3.8, 4) is 0 Å². The Morgan fingerprint density at radius 3 is 2.74 bits per heavy atom. The third-order valence-electron chi connectivity index (χ3n) is 3.50. The Balaban J connectivity index is 1.94. The van der Waals surface area contributed by atoms with Gasteiger partial charge in [-0.25, -0.2) is 12.8 Å². The van der Waals surface area contributed by atoms with E-state index in [1.165, 1.54) is 11.5 Å². The monoisotopic (exact) mass is 282 g/mol. The van der Waals surface area contributed by atoms with Crippen molar-refractivity contribution in [3.05, 3.63) is 35.0 Å². The minimum atomic E-state index is -3.62. The molecule has 0 unspecified atom stereocenters. The van der Waals surface area contributed by atoms with Crippen LogP contribution in [0.15, 0.2) is 28.5 Å². The minimum absolute atomic E-state index is 0.167. The molecule has 0 radical (unpaired) electrons. The van der Waals surface area contributed by atoms with Crippen molar-refractivity contribution in [2.75, 3.05) is 32.7 Å². The van der Waals surface area contributed by atoms with Gasteiger partial charge in [0.05, 0.1) is 0 Å². The molecule has 6 heteroatoms. The van der Waals surface area contributed by atoms with E-state index in [0.29, 0.717) is 17.7 Å². The summed E-state index contributed by atoms with van der Waals surface area (Å²) in [6.45, 7) is 4.10. The van der Waals surface area contributed by atoms with Crippen LogP contribution in [0, 0.1) is 5.82 Å². The number of piperazine rings is 1. The van der Waals surface area contributed by atoms with E-state index in [1.807, 2.05) is 0 Å². The Kier molecular flexibility index (Phi) is 3.16. The van der Waals surface area contributed by atoms with Crippen LogP contribution in [0.3, 0.4) is 0 Å². The molecule has 0 aliphatic carbocycles. The largest absolute Gasteiger partial charge is 0.314 e. The number of sulfone groups is 1. The van der Waals surface area contributed by atoms with Gasteiger partial charge in [0.25, 0.3) is 0 Å². The van der Waals surface area contributed by atoms with E-state index in [4.69, 9.17) is 0 Å². The van der Waals surface area contributed by atoms with E-state index in [9.17, 15) is 12.8 Å². The molecule has 0 amide bonds. The third-order valence-corrected chi connectivity index (χ3v) is 5.08. The lowest BCUT2D eigenvalue weighted by atomic mass is 10.1. The minimum Gasteiger partial charge on any atom is -0.314 e. The van der Waals surface area contributed by atoms with Crippen molar-refractivity contribution < 1.29 is 12.8 Å². The van der Waals surface area contributed by atoms with Gasteiger partial charge in [-0.15, -0.1) is 0 Å². The van der Waals surface area contributed by atoms with Gasteiger partial charge in [0.15, 0.2) is 0 Å². The van der Waals surface area contributed by atoms with Crippen molar-refractivity contribution in [2.45, 2.75) is 4.90 Å². The highest BCUT2D eigenvalue weighted by Crippen LogP contribution is 2.35. The number of halogens is 1. The van der Waals surface area contributed by atoms with Crippen LogP contribution in [-0.2, 0) is 9.84 Å². The third kappa shape index (κ3) is 2.31. The molecule has 2 aliphatic heterocycles. The van der Waals surface area contributed by atoms with Crippen molar-refractivity contribution >= 4 is 15.4 Å². The fraction of sp³-hybridized carbons (Fsp3) is 0.385. The second-order valence-corrected chi connectivity index (χ2v) is 6.56. The smallest absolute Gasteiger partial charge is 0.203 e. The van der Waals surface area contributed by atoms with Gasteiger partial charge in [0, 0.05) is 43.7 Å². The van der Waals surface area contributed by atoms with E-state index in [0.717, 1.165) is 26.2 Å². The number of rotatable bonds is 2. The predicted octanol–water partition coefficient (Wildman–Crippen LogP) is 0.859. The molecule has 4 nitrogen and oxygen atoms in total. The predicted molar refractivity (Wildman–Crippen MR) is 70.9 cm³/mol. The Labute approximate surface area is 111 Å². The van der Waals surface area contributed by atoms with Gasteiger partial charge in [-0.05, 0) is 11.6 Å². The van der Waals surface area contributed by atoms with Gasteiger partial charge in [-0.1, -0.05) is 12.1 Å². The zero-order valence-electron chi connectivity index (χ0n) is 10.4. The molecule has 0 atom stereocenters. The first-order valence-corrected chi connectivity index (χ1v) is 7.80. The fourth-order valence-electron chi connectivity index (χ4n) is 2.59. The highest BCUT2D eigenvalue weighted by molar-refractivity contribution is 7.95. The van der Waals surface area contributed by atoms with Crippen LogP contribution in [0.4, 0.5) is 4.39 Å². The van der Waals surface area contributed by atoms with E-state index in [2.05, 4.69) is 10.2 Å². The summed E-state index contributed by atoms with van der Waals surface area (Å²) in [5.41, 5.74) is 1.20. The molecule has 1 N–H and O–H groups in total. The number of nitrogens with one attached hydrogen (secondary N) is 1. The Hall–Kier alpha value is -1.24. The van der Waals surface area contributed by atoms with Crippen LogP contribution in [0.2, 0.25) is 0 Å². The van der Waals surface area contributed by atoms with Crippen LogP contribution in [0.1, 0.15) is 5.56 Å². The summed E-state index contributed by atoms with van der Waals surface area (Å²) in [7, 11) is -3.62. The Bertz CT molecular complexity index is 634. The van der Waals surface area contributed by atoms with E-state index in [1.54, 1.807) is 12.1 Å². The van der Waals surface area contributed by atoms with Crippen molar-refractivity contribution in [1.29, 1.82) is 0 Å². The van der Waals surface area contributed by atoms with Crippen LogP contribution in [0.25, 0.3) is 5.57 Å². The average molecular weight is 282 g/mol. The van der Waals surface area contributed by atoms with Crippen LogP contribution >= 0.6 is 0 Å². The molecule has 19 heavy (non-hydrogen) atoms. The highest BCUT2D eigenvalue weighted by Gasteiger charge is 2.30. The van der Waals surface area contributed by atoms with E-state index in [-0.39, 0.29) is 4.90 Å². The van der Waals surface area contributed by atoms with E-state index >= 15 is 0 Å². The average Bonchev–Trinajstić information content (AvgIpc) is 2.63. The standard InChI is InChI=1S/C13H15FN2O2S/c14-12-3-1-2-11-10(9-19(17,18)13(11)12)8-16-6-4-15-5-7-16/h1-3,9,15H,4-8H2. The molecular weight excluding hydrogens is 267 g/mol. The molecule has 102 valence electrons. The van der Waals surface area contributed by atoms with Crippen LogP contribution in [-0.4, -0.2) is 46.0 Å². The molecule has 1 fully saturated rings. The maximum absolute atomic E-state index is 13.7. The lowest BCUT2D eigenvalue weighted by molar-refractivity contribution is 0.268. The molecule has 1 aromatic rings. The Morgan fingerprint density at radius 1 is 1.26 bits per heavy atom. The lowest BCUT2D eigenvalue weighted by Gasteiger charge is -2.27. The van der Waals surface area contributed by atoms with Gasteiger partial charge >= 0.3 is 0 Å². The van der Waals surface area contributed by atoms with Crippen molar-refractivity contribution in [3.63, 3.8) is 0 Å². The summed E-state index contributed by atoms with van der Waals surface area (Å²) in [6.07, 6.45) is 0. The Morgan fingerprint density at radius 2 is 2.00 bits per heavy atom. The van der Waals surface area contributed by atoms with E-state index < -0.39 is 15.7 Å².